The molecule has 0 bridgehead atoms. The Morgan fingerprint density at radius 2 is 2.14 bits per heavy atom. The molecule has 7 heteroatoms. The summed E-state index contributed by atoms with van der Waals surface area (Å²) in [7, 11) is 1.84. The SMILES string of the molecule is CN1CCN(C2CCCN(c3cnc(C#N)cn3)C2)C1=O. The van der Waals surface area contributed by atoms with E-state index in [1.54, 1.807) is 11.1 Å². The Morgan fingerprint density at radius 3 is 2.76 bits per heavy atom. The van der Waals surface area contributed by atoms with E-state index < -0.39 is 0 Å². The molecular formula is C14H18N6O. The summed E-state index contributed by atoms with van der Waals surface area (Å²) in [5.41, 5.74) is 0.323. The van der Waals surface area contributed by atoms with Crippen molar-refractivity contribution in [3.05, 3.63) is 18.1 Å². The van der Waals surface area contributed by atoms with Gasteiger partial charge in [0.15, 0.2) is 5.69 Å². The number of nitriles is 1. The minimum absolute atomic E-state index is 0.118. The van der Waals surface area contributed by atoms with Crippen LogP contribution < -0.4 is 4.90 Å². The van der Waals surface area contributed by atoms with Crippen LogP contribution in [-0.2, 0) is 0 Å². The number of carbonyl (C=O) groups excluding carboxylic acids is 1. The summed E-state index contributed by atoms with van der Waals surface area (Å²) >= 11 is 0. The van der Waals surface area contributed by atoms with Gasteiger partial charge in [-0.15, -0.1) is 0 Å². The molecule has 3 rings (SSSR count). The van der Waals surface area contributed by atoms with Gasteiger partial charge in [-0.05, 0) is 12.8 Å². The van der Waals surface area contributed by atoms with Gasteiger partial charge in [-0.1, -0.05) is 0 Å². The van der Waals surface area contributed by atoms with Crippen LogP contribution in [0.2, 0.25) is 0 Å². The number of nitrogens with zero attached hydrogens (tertiary/aromatic N) is 6. The van der Waals surface area contributed by atoms with Crippen LogP contribution in [-0.4, -0.2) is 65.1 Å². The lowest BCUT2D eigenvalue weighted by Gasteiger charge is -2.37. The average Bonchev–Trinajstić information content (AvgIpc) is 2.87. The first-order valence-electron chi connectivity index (χ1n) is 7.18. The largest absolute Gasteiger partial charge is 0.353 e. The highest BCUT2D eigenvalue weighted by atomic mass is 16.2. The maximum atomic E-state index is 12.1. The lowest BCUT2D eigenvalue weighted by Crippen LogP contribution is -2.49. The van der Waals surface area contributed by atoms with Crippen molar-refractivity contribution in [2.75, 3.05) is 38.1 Å². The van der Waals surface area contributed by atoms with Crippen molar-refractivity contribution in [2.45, 2.75) is 18.9 Å². The quantitative estimate of drug-likeness (QED) is 0.799. The summed E-state index contributed by atoms with van der Waals surface area (Å²) in [5, 5.41) is 8.76. The highest BCUT2D eigenvalue weighted by Crippen LogP contribution is 2.23. The minimum Gasteiger partial charge on any atom is -0.353 e. The Kier molecular flexibility index (Phi) is 3.60. The highest BCUT2D eigenvalue weighted by Gasteiger charge is 2.34. The van der Waals surface area contributed by atoms with Crippen LogP contribution in [0, 0.1) is 11.3 Å². The van der Waals surface area contributed by atoms with E-state index in [4.69, 9.17) is 5.26 Å². The number of hydrogen-bond donors (Lipinski definition) is 0. The molecule has 2 amide bonds. The van der Waals surface area contributed by atoms with E-state index in [1.165, 1.54) is 6.20 Å². The van der Waals surface area contributed by atoms with Crippen molar-refractivity contribution < 1.29 is 4.79 Å². The maximum absolute atomic E-state index is 12.1. The zero-order chi connectivity index (χ0) is 14.8. The first kappa shape index (κ1) is 13.6. The lowest BCUT2D eigenvalue weighted by atomic mass is 10.0. The van der Waals surface area contributed by atoms with Gasteiger partial charge >= 0.3 is 6.03 Å². The molecule has 1 aromatic rings. The van der Waals surface area contributed by atoms with Crippen molar-refractivity contribution in [3.8, 4) is 6.07 Å². The summed E-state index contributed by atoms with van der Waals surface area (Å²) in [5.74, 6) is 0.777. The smallest absolute Gasteiger partial charge is 0.320 e. The highest BCUT2D eigenvalue weighted by molar-refractivity contribution is 5.76. The fourth-order valence-electron chi connectivity index (χ4n) is 2.97. The summed E-state index contributed by atoms with van der Waals surface area (Å²) < 4.78 is 0. The van der Waals surface area contributed by atoms with Crippen molar-refractivity contribution in [1.82, 2.24) is 19.8 Å². The number of carbonyl (C=O) groups is 1. The van der Waals surface area contributed by atoms with Gasteiger partial charge in [-0.3, -0.25) is 0 Å². The Bertz CT molecular complexity index is 566. The monoisotopic (exact) mass is 286 g/mol. The molecule has 0 aromatic carbocycles. The number of anilines is 1. The third-order valence-corrected chi connectivity index (χ3v) is 4.16. The topological polar surface area (TPSA) is 76.4 Å². The van der Waals surface area contributed by atoms with Gasteiger partial charge in [0.1, 0.15) is 11.9 Å². The molecule has 2 fully saturated rings. The molecule has 21 heavy (non-hydrogen) atoms. The third kappa shape index (κ3) is 2.61. The summed E-state index contributed by atoms with van der Waals surface area (Å²) in [6.45, 7) is 3.29. The van der Waals surface area contributed by atoms with Gasteiger partial charge in [0.25, 0.3) is 0 Å². The van der Waals surface area contributed by atoms with Crippen LogP contribution in [0.25, 0.3) is 0 Å². The third-order valence-electron chi connectivity index (χ3n) is 4.16. The predicted octanol–water partition coefficient (Wildman–Crippen LogP) is 0.684. The first-order valence-corrected chi connectivity index (χ1v) is 7.18. The van der Waals surface area contributed by atoms with E-state index in [0.29, 0.717) is 5.69 Å². The zero-order valence-corrected chi connectivity index (χ0v) is 12.1. The number of aromatic nitrogens is 2. The Hall–Kier alpha value is -2.36. The maximum Gasteiger partial charge on any atom is 0.320 e. The van der Waals surface area contributed by atoms with E-state index in [-0.39, 0.29) is 12.1 Å². The van der Waals surface area contributed by atoms with Crippen molar-refractivity contribution in [3.63, 3.8) is 0 Å². The minimum atomic E-state index is 0.118. The first-order chi connectivity index (χ1) is 10.2. The van der Waals surface area contributed by atoms with Crippen LogP contribution in [0.15, 0.2) is 12.4 Å². The van der Waals surface area contributed by atoms with Gasteiger partial charge in [-0.25, -0.2) is 14.8 Å². The molecule has 1 aromatic heterocycles. The summed E-state index contributed by atoms with van der Waals surface area (Å²) in [6.07, 6.45) is 5.19. The molecule has 0 saturated carbocycles. The second-order valence-electron chi connectivity index (χ2n) is 5.51. The fraction of sp³-hybridized carbons (Fsp3) is 0.571. The number of amides is 2. The Morgan fingerprint density at radius 1 is 1.29 bits per heavy atom. The molecule has 2 aliphatic rings. The standard InChI is InChI=1S/C14H18N6O/c1-18-5-6-20(14(18)21)12-3-2-4-19(10-12)13-9-16-11(7-15)8-17-13/h8-9,12H,2-6,10H2,1H3. The molecule has 3 heterocycles. The van der Waals surface area contributed by atoms with Crippen LogP contribution in [0.5, 0.6) is 0 Å². The molecule has 110 valence electrons. The second-order valence-corrected chi connectivity index (χ2v) is 5.51. The molecular weight excluding hydrogens is 268 g/mol. The van der Waals surface area contributed by atoms with Crippen molar-refractivity contribution >= 4 is 11.8 Å². The van der Waals surface area contributed by atoms with E-state index >= 15 is 0 Å². The predicted molar refractivity (Wildman–Crippen MR) is 76.7 cm³/mol. The Balaban J connectivity index is 1.71. The molecule has 1 unspecified atom stereocenters. The molecule has 0 N–H and O–H groups in total. The van der Waals surface area contributed by atoms with Crippen LogP contribution in [0.4, 0.5) is 10.6 Å². The van der Waals surface area contributed by atoms with E-state index in [0.717, 1.165) is 44.8 Å². The van der Waals surface area contributed by atoms with Crippen molar-refractivity contribution in [2.24, 2.45) is 0 Å². The lowest BCUT2D eigenvalue weighted by molar-refractivity contribution is 0.175. The molecule has 0 radical (unpaired) electrons. The van der Waals surface area contributed by atoms with Crippen LogP contribution in [0.1, 0.15) is 18.5 Å². The van der Waals surface area contributed by atoms with Crippen LogP contribution in [0.3, 0.4) is 0 Å². The summed E-state index contributed by atoms with van der Waals surface area (Å²) in [6, 6.07) is 2.32. The van der Waals surface area contributed by atoms with E-state index in [2.05, 4.69) is 14.9 Å². The number of likely N-dealkylation sites (N-methyl/N-ethyl adjacent to an activating group) is 1. The molecule has 0 aliphatic carbocycles. The van der Waals surface area contributed by atoms with Crippen molar-refractivity contribution in [1.29, 1.82) is 5.26 Å². The normalized spacial score (nSPS) is 22.6. The molecule has 2 aliphatic heterocycles. The second kappa shape index (κ2) is 5.56. The van der Waals surface area contributed by atoms with E-state index in [1.807, 2.05) is 18.0 Å². The van der Waals surface area contributed by atoms with Gasteiger partial charge in [0, 0.05) is 33.2 Å². The fourth-order valence-corrected chi connectivity index (χ4v) is 2.97. The van der Waals surface area contributed by atoms with Gasteiger partial charge in [0.2, 0.25) is 0 Å². The molecule has 7 nitrogen and oxygen atoms in total. The van der Waals surface area contributed by atoms with E-state index in [9.17, 15) is 4.79 Å². The van der Waals surface area contributed by atoms with Gasteiger partial charge in [0.05, 0.1) is 18.4 Å². The zero-order valence-electron chi connectivity index (χ0n) is 12.1. The summed E-state index contributed by atoms with van der Waals surface area (Å²) in [4.78, 5) is 26.3. The number of rotatable bonds is 2. The Labute approximate surface area is 123 Å². The number of hydrogen-bond acceptors (Lipinski definition) is 5. The number of urea groups is 1. The van der Waals surface area contributed by atoms with Crippen LogP contribution >= 0.6 is 0 Å². The molecule has 2 saturated heterocycles. The molecule has 0 spiro atoms. The average molecular weight is 286 g/mol. The molecule has 1 atom stereocenters. The van der Waals surface area contributed by atoms with Gasteiger partial charge < -0.3 is 14.7 Å². The van der Waals surface area contributed by atoms with Gasteiger partial charge in [-0.2, -0.15) is 5.26 Å². The number of piperidine rings is 1.